The van der Waals surface area contributed by atoms with Crippen LogP contribution >= 0.6 is 0 Å². The summed E-state index contributed by atoms with van der Waals surface area (Å²) in [7, 11) is -3.54. The molecule has 0 fully saturated rings. The van der Waals surface area contributed by atoms with Gasteiger partial charge in [-0.1, -0.05) is 25.0 Å². The maximum atomic E-state index is 12.1. The Morgan fingerprint density at radius 1 is 1.21 bits per heavy atom. The highest BCUT2D eigenvalue weighted by Crippen LogP contribution is 2.21. The molecule has 0 aliphatic carbocycles. The molecule has 0 atom stereocenters. The molecular weight excluding hydrogens is 264 g/mol. The second-order valence-corrected chi connectivity index (χ2v) is 6.23. The summed E-state index contributed by atoms with van der Waals surface area (Å²) in [5, 5.41) is 8.64. The van der Waals surface area contributed by atoms with E-state index in [1.54, 1.807) is 25.1 Å². The Balaban J connectivity index is 2.57. The van der Waals surface area contributed by atoms with Crippen LogP contribution in [-0.2, 0) is 10.0 Å². The van der Waals surface area contributed by atoms with Gasteiger partial charge in [-0.2, -0.15) is 0 Å². The summed E-state index contributed by atoms with van der Waals surface area (Å²) in [5.41, 5.74) is 6.65. The lowest BCUT2D eigenvalue weighted by Crippen LogP contribution is -2.26. The molecule has 19 heavy (non-hydrogen) atoms. The first-order chi connectivity index (χ1) is 8.99. The Kier molecular flexibility index (Phi) is 6.27. The van der Waals surface area contributed by atoms with Crippen molar-refractivity contribution in [1.29, 1.82) is 0 Å². The Bertz CT molecular complexity index is 480. The predicted molar refractivity (Wildman–Crippen MR) is 76.3 cm³/mol. The second kappa shape index (κ2) is 7.47. The number of aryl methyl sites for hydroxylation is 1. The molecule has 6 heteroatoms. The largest absolute Gasteiger partial charge is 0.398 e. The van der Waals surface area contributed by atoms with Crippen LogP contribution in [0, 0.1) is 6.92 Å². The van der Waals surface area contributed by atoms with Crippen LogP contribution in [0.25, 0.3) is 0 Å². The molecule has 0 spiro atoms. The number of unbranched alkanes of at least 4 members (excludes halogenated alkanes) is 3. The van der Waals surface area contributed by atoms with E-state index in [0.717, 1.165) is 25.7 Å². The average molecular weight is 286 g/mol. The molecule has 5 nitrogen and oxygen atoms in total. The monoisotopic (exact) mass is 286 g/mol. The molecule has 0 radical (unpaired) electrons. The fraction of sp³-hybridized carbons (Fsp3) is 0.538. The molecule has 4 N–H and O–H groups in total. The van der Waals surface area contributed by atoms with Crippen molar-refractivity contribution in [2.45, 2.75) is 37.5 Å². The maximum absolute atomic E-state index is 12.1. The molecule has 0 aromatic heterocycles. The first-order valence-electron chi connectivity index (χ1n) is 6.44. The van der Waals surface area contributed by atoms with Gasteiger partial charge in [0.1, 0.15) is 4.90 Å². The number of nitrogens with one attached hydrogen (secondary N) is 1. The Labute approximate surface area is 114 Å². The SMILES string of the molecule is Cc1cccc(N)c1S(=O)(=O)NCCCCCCO. The molecular formula is C13H22N2O3S. The van der Waals surface area contributed by atoms with E-state index >= 15 is 0 Å². The molecule has 1 aromatic carbocycles. The second-order valence-electron chi connectivity index (χ2n) is 4.53. The molecule has 0 aliphatic rings. The maximum Gasteiger partial charge on any atom is 0.242 e. The summed E-state index contributed by atoms with van der Waals surface area (Å²) in [6.45, 7) is 2.30. The Morgan fingerprint density at radius 2 is 1.89 bits per heavy atom. The van der Waals surface area contributed by atoms with Crippen molar-refractivity contribution in [3.8, 4) is 0 Å². The summed E-state index contributed by atoms with van der Waals surface area (Å²) in [6.07, 6.45) is 3.32. The van der Waals surface area contributed by atoms with Gasteiger partial charge in [0.25, 0.3) is 0 Å². The first kappa shape index (κ1) is 15.9. The van der Waals surface area contributed by atoms with E-state index < -0.39 is 10.0 Å². The Morgan fingerprint density at radius 3 is 2.53 bits per heavy atom. The summed E-state index contributed by atoms with van der Waals surface area (Å²) >= 11 is 0. The highest BCUT2D eigenvalue weighted by molar-refractivity contribution is 7.89. The normalized spacial score (nSPS) is 11.7. The van der Waals surface area contributed by atoms with E-state index in [1.165, 1.54) is 0 Å². The van der Waals surface area contributed by atoms with Crippen molar-refractivity contribution < 1.29 is 13.5 Å². The van der Waals surface area contributed by atoms with Crippen molar-refractivity contribution in [2.24, 2.45) is 0 Å². The minimum Gasteiger partial charge on any atom is -0.398 e. The van der Waals surface area contributed by atoms with E-state index in [1.807, 2.05) is 0 Å². The quantitative estimate of drug-likeness (QED) is 0.497. The molecule has 0 unspecified atom stereocenters. The summed E-state index contributed by atoms with van der Waals surface area (Å²) < 4.78 is 26.8. The number of anilines is 1. The number of aliphatic hydroxyl groups is 1. The summed E-state index contributed by atoms with van der Waals surface area (Å²) in [4.78, 5) is 0.172. The number of rotatable bonds is 8. The molecule has 0 saturated carbocycles. The summed E-state index contributed by atoms with van der Waals surface area (Å²) in [6, 6.07) is 5.05. The number of benzene rings is 1. The molecule has 0 bridgehead atoms. The highest BCUT2D eigenvalue weighted by atomic mass is 32.2. The molecule has 0 amide bonds. The summed E-state index contributed by atoms with van der Waals surface area (Å²) in [5.74, 6) is 0. The van der Waals surface area contributed by atoms with Gasteiger partial charge < -0.3 is 10.8 Å². The third-order valence-electron chi connectivity index (χ3n) is 2.89. The van der Waals surface area contributed by atoms with Crippen LogP contribution < -0.4 is 10.5 Å². The first-order valence-corrected chi connectivity index (χ1v) is 7.93. The molecule has 1 rings (SSSR count). The lowest BCUT2D eigenvalue weighted by molar-refractivity contribution is 0.282. The number of hydrogen-bond donors (Lipinski definition) is 3. The van der Waals surface area contributed by atoms with Crippen molar-refractivity contribution in [2.75, 3.05) is 18.9 Å². The van der Waals surface area contributed by atoms with Crippen molar-refractivity contribution in [3.05, 3.63) is 23.8 Å². The van der Waals surface area contributed by atoms with Gasteiger partial charge in [0.15, 0.2) is 0 Å². The number of nitrogen functional groups attached to an aromatic ring is 1. The van der Waals surface area contributed by atoms with Crippen molar-refractivity contribution >= 4 is 15.7 Å². The molecule has 108 valence electrons. The Hall–Kier alpha value is -1.11. The van der Waals surface area contributed by atoms with Crippen LogP contribution in [0.3, 0.4) is 0 Å². The van der Waals surface area contributed by atoms with Gasteiger partial charge in [0.2, 0.25) is 10.0 Å². The van der Waals surface area contributed by atoms with Gasteiger partial charge in [-0.05, 0) is 31.4 Å². The topological polar surface area (TPSA) is 92.4 Å². The van der Waals surface area contributed by atoms with Crippen LogP contribution in [0.5, 0.6) is 0 Å². The molecule has 1 aromatic rings. The highest BCUT2D eigenvalue weighted by Gasteiger charge is 2.18. The number of sulfonamides is 1. The van der Waals surface area contributed by atoms with E-state index in [2.05, 4.69) is 4.72 Å². The zero-order chi connectivity index (χ0) is 14.3. The van der Waals surface area contributed by atoms with Crippen molar-refractivity contribution in [3.63, 3.8) is 0 Å². The molecule has 0 heterocycles. The number of nitrogens with two attached hydrogens (primary N) is 1. The molecule has 0 aliphatic heterocycles. The van der Waals surface area contributed by atoms with E-state index in [0.29, 0.717) is 12.1 Å². The molecule has 0 saturated heterocycles. The fourth-order valence-corrected chi connectivity index (χ4v) is 3.34. The van der Waals surface area contributed by atoms with Gasteiger partial charge in [0.05, 0.1) is 5.69 Å². The lowest BCUT2D eigenvalue weighted by atomic mass is 10.2. The smallest absolute Gasteiger partial charge is 0.242 e. The van der Waals surface area contributed by atoms with Crippen LogP contribution in [-0.4, -0.2) is 26.7 Å². The third-order valence-corrected chi connectivity index (χ3v) is 4.57. The number of hydrogen-bond acceptors (Lipinski definition) is 4. The van der Waals surface area contributed by atoms with E-state index in [9.17, 15) is 8.42 Å². The van der Waals surface area contributed by atoms with Crippen LogP contribution in [0.4, 0.5) is 5.69 Å². The van der Waals surface area contributed by atoms with Gasteiger partial charge in [-0.25, -0.2) is 13.1 Å². The zero-order valence-corrected chi connectivity index (χ0v) is 12.0. The van der Waals surface area contributed by atoms with Crippen LogP contribution in [0.2, 0.25) is 0 Å². The van der Waals surface area contributed by atoms with E-state index in [4.69, 9.17) is 10.8 Å². The minimum absolute atomic E-state index is 0.172. The fourth-order valence-electron chi connectivity index (χ4n) is 1.91. The predicted octanol–water partition coefficient (Wildman–Crippen LogP) is 1.41. The van der Waals surface area contributed by atoms with Gasteiger partial charge in [0, 0.05) is 13.2 Å². The van der Waals surface area contributed by atoms with Gasteiger partial charge in [-0.15, -0.1) is 0 Å². The van der Waals surface area contributed by atoms with Crippen LogP contribution in [0.15, 0.2) is 23.1 Å². The number of aliphatic hydroxyl groups excluding tert-OH is 1. The zero-order valence-electron chi connectivity index (χ0n) is 11.2. The van der Waals surface area contributed by atoms with Crippen molar-refractivity contribution in [1.82, 2.24) is 4.72 Å². The van der Waals surface area contributed by atoms with Crippen LogP contribution in [0.1, 0.15) is 31.2 Å². The standard InChI is InChI=1S/C13H22N2O3S/c1-11-7-6-8-12(14)13(11)19(17,18)15-9-4-2-3-5-10-16/h6-8,15-16H,2-5,9-10,14H2,1H3. The minimum atomic E-state index is -3.54. The third kappa shape index (κ3) is 4.81. The van der Waals surface area contributed by atoms with Gasteiger partial charge in [-0.3, -0.25) is 0 Å². The van der Waals surface area contributed by atoms with Gasteiger partial charge >= 0.3 is 0 Å². The van der Waals surface area contributed by atoms with E-state index in [-0.39, 0.29) is 17.2 Å². The average Bonchev–Trinajstić information content (AvgIpc) is 2.33. The lowest BCUT2D eigenvalue weighted by Gasteiger charge is -2.11.